The highest BCUT2D eigenvalue weighted by molar-refractivity contribution is 6.37. The minimum absolute atomic E-state index is 0.198. The lowest BCUT2D eigenvalue weighted by Crippen LogP contribution is -2.44. The molecule has 0 atom stereocenters. The number of aryl methyl sites for hydroxylation is 1. The molecular weight excluding hydrogens is 480 g/mol. The number of piperazine rings is 1. The maximum Gasteiger partial charge on any atom is 0.325 e. The maximum atomic E-state index is 6.68. The molecule has 1 aliphatic heterocycles. The first-order valence-electron chi connectivity index (χ1n) is 11.7. The number of aromatic amines is 2. The third-order valence-electron chi connectivity index (χ3n) is 6.18. The number of likely N-dealkylation sites (N-methyl/N-ethyl adjacent to an activating group) is 1. The van der Waals surface area contributed by atoms with Gasteiger partial charge in [-0.2, -0.15) is 15.1 Å². The molecule has 0 spiro atoms. The summed E-state index contributed by atoms with van der Waals surface area (Å²) in [5, 5.41) is 12.0. The fourth-order valence-corrected chi connectivity index (χ4v) is 4.52. The highest BCUT2D eigenvalue weighted by Crippen LogP contribution is 2.36. The molecule has 3 N–H and O–H groups in total. The topological polar surface area (TPSA) is 111 Å². The summed E-state index contributed by atoms with van der Waals surface area (Å²) < 4.78 is 11.6. The van der Waals surface area contributed by atoms with E-state index in [4.69, 9.17) is 25.7 Å². The van der Waals surface area contributed by atoms with E-state index in [2.05, 4.69) is 42.3 Å². The number of anilines is 3. The number of hydrogen-bond acceptors (Lipinski definition) is 8. The van der Waals surface area contributed by atoms with Gasteiger partial charge in [0.2, 0.25) is 0 Å². The maximum absolute atomic E-state index is 6.68. The molecule has 1 aliphatic rings. The Morgan fingerprint density at radius 3 is 2.72 bits per heavy atom. The van der Waals surface area contributed by atoms with E-state index in [1.165, 1.54) is 0 Å². The Bertz CT molecular complexity index is 1500. The molecule has 184 valence electrons. The minimum atomic E-state index is 0.198. The molecule has 1 aromatic carbocycles. The second-order valence-corrected chi connectivity index (χ2v) is 9.22. The zero-order chi connectivity index (χ0) is 24.6. The second kappa shape index (κ2) is 9.21. The van der Waals surface area contributed by atoms with Crippen LogP contribution in [-0.2, 0) is 0 Å². The smallest absolute Gasteiger partial charge is 0.325 e. The number of fused-ring (bicyclic) bond motifs is 1. The lowest BCUT2D eigenvalue weighted by atomic mass is 10.2. The number of nitrogens with one attached hydrogen (secondary N) is 3. The second-order valence-electron chi connectivity index (χ2n) is 8.85. The molecule has 5 heterocycles. The number of aromatic nitrogens is 5. The third kappa shape index (κ3) is 4.48. The van der Waals surface area contributed by atoms with E-state index in [1.54, 1.807) is 6.26 Å². The lowest BCUT2D eigenvalue weighted by molar-refractivity contribution is 0.311. The molecule has 1 saturated heterocycles. The number of halogens is 1. The van der Waals surface area contributed by atoms with Gasteiger partial charge < -0.3 is 29.3 Å². The number of ether oxygens (including phenoxy) is 1. The summed E-state index contributed by atoms with van der Waals surface area (Å²) in [5.41, 5.74) is 2.73. The molecule has 11 heteroatoms. The Morgan fingerprint density at radius 2 is 1.92 bits per heavy atom. The lowest BCUT2D eigenvalue weighted by Gasteiger charge is -2.33. The number of H-pyrrole nitrogens is 2. The molecule has 0 aliphatic carbocycles. The SMILES string of the molecule is Cc1cc2c(Cl)c(Oc3nc(Nc4cc(-c5ccco5)[nH]n4)cc(N4CCN(C)CC4)n3)ccc2[nH]1. The molecule has 0 radical (unpaired) electrons. The molecule has 4 aromatic heterocycles. The van der Waals surface area contributed by atoms with Crippen LogP contribution >= 0.6 is 11.6 Å². The van der Waals surface area contributed by atoms with Gasteiger partial charge in [-0.1, -0.05) is 11.6 Å². The summed E-state index contributed by atoms with van der Waals surface area (Å²) >= 11 is 6.68. The molecule has 1 fully saturated rings. The van der Waals surface area contributed by atoms with E-state index in [0.717, 1.165) is 54.3 Å². The molecule has 0 saturated carbocycles. The number of hydrogen-bond donors (Lipinski definition) is 3. The molecule has 5 aromatic rings. The molecule has 36 heavy (non-hydrogen) atoms. The molecule has 0 amide bonds. The van der Waals surface area contributed by atoms with Crippen molar-refractivity contribution in [1.82, 2.24) is 30.0 Å². The van der Waals surface area contributed by atoms with Gasteiger partial charge >= 0.3 is 6.01 Å². The fourth-order valence-electron chi connectivity index (χ4n) is 4.26. The van der Waals surface area contributed by atoms with Crippen LogP contribution in [-0.4, -0.2) is 63.3 Å². The Balaban J connectivity index is 1.33. The van der Waals surface area contributed by atoms with E-state index in [-0.39, 0.29) is 6.01 Å². The predicted molar refractivity (Wildman–Crippen MR) is 139 cm³/mol. The van der Waals surface area contributed by atoms with Gasteiger partial charge in [0.15, 0.2) is 11.6 Å². The molecule has 0 bridgehead atoms. The number of rotatable bonds is 6. The van der Waals surface area contributed by atoms with E-state index < -0.39 is 0 Å². The van der Waals surface area contributed by atoms with E-state index >= 15 is 0 Å². The van der Waals surface area contributed by atoms with Crippen molar-refractivity contribution >= 4 is 40.0 Å². The van der Waals surface area contributed by atoms with Crippen molar-refractivity contribution in [2.45, 2.75) is 6.92 Å². The van der Waals surface area contributed by atoms with Crippen LogP contribution in [0.25, 0.3) is 22.4 Å². The summed E-state index contributed by atoms with van der Waals surface area (Å²) in [5.74, 6) is 3.11. The zero-order valence-corrected chi connectivity index (χ0v) is 20.6. The largest absolute Gasteiger partial charge is 0.463 e. The number of benzene rings is 1. The average Bonchev–Trinajstić information content (AvgIpc) is 3.62. The molecule has 0 unspecified atom stereocenters. The average molecular weight is 505 g/mol. The van der Waals surface area contributed by atoms with Crippen molar-refractivity contribution in [3.8, 4) is 23.2 Å². The highest BCUT2D eigenvalue weighted by atomic mass is 35.5. The third-order valence-corrected chi connectivity index (χ3v) is 6.57. The summed E-state index contributed by atoms with van der Waals surface area (Å²) in [7, 11) is 2.12. The van der Waals surface area contributed by atoms with Gasteiger partial charge in [-0.05, 0) is 44.3 Å². The van der Waals surface area contributed by atoms with Gasteiger partial charge in [-0.15, -0.1) is 0 Å². The van der Waals surface area contributed by atoms with Crippen molar-refractivity contribution in [3.63, 3.8) is 0 Å². The standard InChI is InChI=1S/C25H25ClN8O2/c1-15-12-16-17(27-15)5-6-20(24(16)26)36-25-29-21(14-23(30-25)34-9-7-33(2)8-10-34)28-22-13-18(31-32-22)19-4-3-11-35-19/h3-6,11-14,27H,7-10H2,1-2H3,(H2,28,29,30,31,32). The highest BCUT2D eigenvalue weighted by Gasteiger charge is 2.19. The van der Waals surface area contributed by atoms with Gasteiger partial charge in [-0.3, -0.25) is 5.10 Å². The fraction of sp³-hybridized carbons (Fsp3) is 0.240. The van der Waals surface area contributed by atoms with Gasteiger partial charge in [0, 0.05) is 54.9 Å². The summed E-state index contributed by atoms with van der Waals surface area (Å²) in [6.45, 7) is 5.59. The van der Waals surface area contributed by atoms with Gasteiger partial charge in [0.25, 0.3) is 0 Å². The number of furan rings is 1. The normalized spacial score (nSPS) is 14.5. The van der Waals surface area contributed by atoms with Crippen molar-refractivity contribution in [1.29, 1.82) is 0 Å². The molecular formula is C25H25ClN8O2. The molecule has 6 rings (SSSR count). The van der Waals surface area contributed by atoms with Crippen molar-refractivity contribution in [3.05, 3.63) is 59.4 Å². The van der Waals surface area contributed by atoms with Crippen LogP contribution in [0.5, 0.6) is 11.8 Å². The van der Waals surface area contributed by atoms with Crippen LogP contribution in [0.2, 0.25) is 5.02 Å². The Kier molecular flexibility index (Phi) is 5.74. The summed E-state index contributed by atoms with van der Waals surface area (Å²) in [6, 6.07) is 13.4. The minimum Gasteiger partial charge on any atom is -0.463 e. The van der Waals surface area contributed by atoms with E-state index in [0.29, 0.717) is 28.2 Å². The van der Waals surface area contributed by atoms with Gasteiger partial charge in [-0.25, -0.2) is 0 Å². The van der Waals surface area contributed by atoms with Crippen LogP contribution in [0, 0.1) is 6.92 Å². The van der Waals surface area contributed by atoms with Crippen molar-refractivity contribution < 1.29 is 9.15 Å². The van der Waals surface area contributed by atoms with Crippen LogP contribution < -0.4 is 15.0 Å². The van der Waals surface area contributed by atoms with Crippen molar-refractivity contribution in [2.24, 2.45) is 0 Å². The molecule has 10 nitrogen and oxygen atoms in total. The van der Waals surface area contributed by atoms with E-state index in [1.807, 2.05) is 49.4 Å². The Labute approximate surface area is 212 Å². The number of nitrogens with zero attached hydrogens (tertiary/aromatic N) is 5. The van der Waals surface area contributed by atoms with Crippen molar-refractivity contribution in [2.75, 3.05) is 43.4 Å². The van der Waals surface area contributed by atoms with Crippen LogP contribution in [0.4, 0.5) is 17.5 Å². The first kappa shape index (κ1) is 22.4. The zero-order valence-electron chi connectivity index (χ0n) is 19.9. The van der Waals surface area contributed by atoms with E-state index in [9.17, 15) is 0 Å². The predicted octanol–water partition coefficient (Wildman–Crippen LogP) is 5.19. The van der Waals surface area contributed by atoms with Crippen LogP contribution in [0.15, 0.2) is 53.1 Å². The quantitative estimate of drug-likeness (QED) is 0.289. The monoisotopic (exact) mass is 504 g/mol. The Hall–Kier alpha value is -4.02. The Morgan fingerprint density at radius 1 is 1.06 bits per heavy atom. The van der Waals surface area contributed by atoms with Gasteiger partial charge in [0.05, 0.1) is 11.3 Å². The summed E-state index contributed by atoms with van der Waals surface area (Å²) in [4.78, 5) is 17.1. The van der Waals surface area contributed by atoms with Gasteiger partial charge in [0.1, 0.15) is 23.1 Å². The van der Waals surface area contributed by atoms with Crippen LogP contribution in [0.3, 0.4) is 0 Å². The first-order chi connectivity index (χ1) is 17.5. The first-order valence-corrected chi connectivity index (χ1v) is 12.0. The van der Waals surface area contributed by atoms with Crippen LogP contribution in [0.1, 0.15) is 5.69 Å². The summed E-state index contributed by atoms with van der Waals surface area (Å²) in [6.07, 6.45) is 1.62.